The van der Waals surface area contributed by atoms with Crippen molar-refractivity contribution in [3.63, 3.8) is 0 Å². The second-order valence-electron chi connectivity index (χ2n) is 6.31. The van der Waals surface area contributed by atoms with Crippen LogP contribution < -0.4 is 10.2 Å². The van der Waals surface area contributed by atoms with Crippen molar-refractivity contribution in [3.8, 4) is 0 Å². The first-order valence-electron chi connectivity index (χ1n) is 8.17. The van der Waals surface area contributed by atoms with Gasteiger partial charge in [0.1, 0.15) is 6.04 Å². The number of anilines is 1. The highest BCUT2D eigenvalue weighted by Crippen LogP contribution is 2.23. The number of fused-ring (bicyclic) bond motifs is 1. The number of hydrogen-bond acceptors (Lipinski definition) is 2. The summed E-state index contributed by atoms with van der Waals surface area (Å²) in [6.07, 6.45) is 4.72. The van der Waals surface area contributed by atoms with Gasteiger partial charge in [-0.2, -0.15) is 0 Å². The summed E-state index contributed by atoms with van der Waals surface area (Å²) in [7, 11) is 1.99. The minimum Gasteiger partial charge on any atom is -0.363 e. The molecule has 1 atom stereocenters. The minimum absolute atomic E-state index is 0.127. The van der Waals surface area contributed by atoms with Crippen molar-refractivity contribution >= 4 is 22.4 Å². The molecule has 2 aromatic carbocycles. The molecule has 1 amide bonds. The average Bonchev–Trinajstić information content (AvgIpc) is 3.06. The van der Waals surface area contributed by atoms with Gasteiger partial charge in [0.25, 0.3) is 0 Å². The second-order valence-corrected chi connectivity index (χ2v) is 6.31. The fraction of sp³-hybridized carbons (Fsp3) is 0.421. The highest BCUT2D eigenvalue weighted by Gasteiger charge is 2.23. The van der Waals surface area contributed by atoms with Crippen molar-refractivity contribution < 1.29 is 4.79 Å². The summed E-state index contributed by atoms with van der Waals surface area (Å²) in [5.74, 6) is 0.127. The van der Waals surface area contributed by atoms with Crippen LogP contribution in [0.3, 0.4) is 0 Å². The minimum atomic E-state index is -0.165. The molecule has 0 aromatic heterocycles. The molecule has 116 valence electrons. The monoisotopic (exact) mass is 296 g/mol. The van der Waals surface area contributed by atoms with Crippen LogP contribution in [0.25, 0.3) is 10.8 Å². The smallest absolute Gasteiger partial charge is 0.242 e. The van der Waals surface area contributed by atoms with Crippen LogP contribution in [0.2, 0.25) is 0 Å². The first-order valence-corrected chi connectivity index (χ1v) is 8.17. The molecule has 0 heterocycles. The topological polar surface area (TPSA) is 32.3 Å². The van der Waals surface area contributed by atoms with Gasteiger partial charge in [-0.25, -0.2) is 0 Å². The standard InChI is InChI=1S/C19H24N2O/c1-14(19(22)20-17-9-5-6-10-17)21(2)18-12-11-15-7-3-4-8-16(15)13-18/h3-4,7-8,11-14,17H,5-6,9-10H2,1-2H3,(H,20,22). The Bertz CT molecular complexity index is 661. The molecule has 1 saturated carbocycles. The van der Waals surface area contributed by atoms with E-state index in [1.165, 1.54) is 23.6 Å². The van der Waals surface area contributed by atoms with E-state index < -0.39 is 0 Å². The molecule has 2 aromatic rings. The summed E-state index contributed by atoms with van der Waals surface area (Å²) >= 11 is 0. The van der Waals surface area contributed by atoms with Crippen molar-refractivity contribution in [3.05, 3.63) is 42.5 Å². The normalized spacial score (nSPS) is 16.6. The molecule has 22 heavy (non-hydrogen) atoms. The van der Waals surface area contributed by atoms with Gasteiger partial charge >= 0.3 is 0 Å². The number of likely N-dealkylation sites (N-methyl/N-ethyl adjacent to an activating group) is 1. The van der Waals surface area contributed by atoms with E-state index in [0.717, 1.165) is 18.5 Å². The SMILES string of the molecule is CC(C(=O)NC1CCCC1)N(C)c1ccc2ccccc2c1. The zero-order valence-electron chi connectivity index (χ0n) is 13.4. The number of rotatable bonds is 4. The third kappa shape index (κ3) is 3.08. The Labute approximate surface area is 132 Å². The molecule has 3 heteroatoms. The molecule has 0 bridgehead atoms. The average molecular weight is 296 g/mol. The molecular weight excluding hydrogens is 272 g/mol. The lowest BCUT2D eigenvalue weighted by Crippen LogP contribution is -2.46. The Morgan fingerprint density at radius 3 is 2.55 bits per heavy atom. The van der Waals surface area contributed by atoms with E-state index in [1.807, 2.05) is 26.1 Å². The van der Waals surface area contributed by atoms with Crippen molar-refractivity contribution in [2.75, 3.05) is 11.9 Å². The van der Waals surface area contributed by atoms with Gasteiger partial charge in [-0.1, -0.05) is 43.2 Å². The molecule has 1 aliphatic carbocycles. The van der Waals surface area contributed by atoms with Crippen LogP contribution in [0.4, 0.5) is 5.69 Å². The van der Waals surface area contributed by atoms with Crippen molar-refractivity contribution in [1.29, 1.82) is 0 Å². The zero-order valence-corrected chi connectivity index (χ0v) is 13.4. The Morgan fingerprint density at radius 1 is 1.14 bits per heavy atom. The summed E-state index contributed by atoms with van der Waals surface area (Å²) in [6, 6.07) is 14.9. The van der Waals surface area contributed by atoms with E-state index in [1.54, 1.807) is 0 Å². The molecule has 1 unspecified atom stereocenters. The zero-order chi connectivity index (χ0) is 15.5. The summed E-state index contributed by atoms with van der Waals surface area (Å²) in [5.41, 5.74) is 1.08. The van der Waals surface area contributed by atoms with Crippen LogP contribution in [0, 0.1) is 0 Å². The van der Waals surface area contributed by atoms with E-state index in [-0.39, 0.29) is 11.9 Å². The number of carbonyl (C=O) groups is 1. The van der Waals surface area contributed by atoms with Crippen LogP contribution in [0.15, 0.2) is 42.5 Å². The maximum Gasteiger partial charge on any atom is 0.242 e. The Balaban J connectivity index is 1.72. The Morgan fingerprint density at radius 2 is 1.82 bits per heavy atom. The number of carbonyl (C=O) groups excluding carboxylic acids is 1. The number of amides is 1. The molecule has 0 spiro atoms. The summed E-state index contributed by atoms with van der Waals surface area (Å²) < 4.78 is 0. The van der Waals surface area contributed by atoms with Crippen molar-refractivity contribution in [1.82, 2.24) is 5.32 Å². The van der Waals surface area contributed by atoms with Crippen LogP contribution in [0.1, 0.15) is 32.6 Å². The quantitative estimate of drug-likeness (QED) is 0.932. The predicted molar refractivity (Wildman–Crippen MR) is 92.2 cm³/mol. The molecule has 3 nitrogen and oxygen atoms in total. The first-order chi connectivity index (χ1) is 10.6. The number of benzene rings is 2. The van der Waals surface area contributed by atoms with Gasteiger partial charge in [-0.15, -0.1) is 0 Å². The first kappa shape index (κ1) is 14.9. The van der Waals surface area contributed by atoms with E-state index in [2.05, 4.69) is 40.5 Å². The maximum atomic E-state index is 12.4. The lowest BCUT2D eigenvalue weighted by Gasteiger charge is -2.27. The van der Waals surface area contributed by atoms with E-state index >= 15 is 0 Å². The van der Waals surface area contributed by atoms with E-state index in [4.69, 9.17) is 0 Å². The number of nitrogens with one attached hydrogen (secondary N) is 1. The summed E-state index contributed by atoms with van der Waals surface area (Å²) in [4.78, 5) is 14.5. The van der Waals surface area contributed by atoms with Gasteiger partial charge in [0, 0.05) is 18.8 Å². The highest BCUT2D eigenvalue weighted by atomic mass is 16.2. The van der Waals surface area contributed by atoms with Gasteiger partial charge in [0.15, 0.2) is 0 Å². The van der Waals surface area contributed by atoms with Crippen molar-refractivity contribution in [2.45, 2.75) is 44.7 Å². The van der Waals surface area contributed by atoms with Gasteiger partial charge in [0.2, 0.25) is 5.91 Å². The van der Waals surface area contributed by atoms with Crippen molar-refractivity contribution in [2.24, 2.45) is 0 Å². The molecule has 1 aliphatic rings. The Kier molecular flexibility index (Phi) is 4.32. The molecule has 3 rings (SSSR count). The molecule has 0 saturated heterocycles. The summed E-state index contributed by atoms with van der Waals surface area (Å²) in [6.45, 7) is 1.97. The van der Waals surface area contributed by atoms with E-state index in [0.29, 0.717) is 6.04 Å². The molecule has 1 N–H and O–H groups in total. The predicted octanol–water partition coefficient (Wildman–Crippen LogP) is 3.72. The van der Waals surface area contributed by atoms with Crippen LogP contribution in [-0.4, -0.2) is 25.0 Å². The fourth-order valence-electron chi connectivity index (χ4n) is 3.19. The molecule has 0 aliphatic heterocycles. The van der Waals surface area contributed by atoms with Gasteiger partial charge in [-0.05, 0) is 42.7 Å². The largest absolute Gasteiger partial charge is 0.363 e. The van der Waals surface area contributed by atoms with Crippen LogP contribution in [-0.2, 0) is 4.79 Å². The Hall–Kier alpha value is -2.03. The molecule has 1 fully saturated rings. The van der Waals surface area contributed by atoms with Gasteiger partial charge in [0.05, 0.1) is 0 Å². The fourth-order valence-corrected chi connectivity index (χ4v) is 3.19. The summed E-state index contributed by atoms with van der Waals surface area (Å²) in [5, 5.41) is 5.61. The maximum absolute atomic E-state index is 12.4. The lowest BCUT2D eigenvalue weighted by atomic mass is 10.1. The van der Waals surface area contributed by atoms with Crippen LogP contribution >= 0.6 is 0 Å². The third-order valence-corrected chi connectivity index (χ3v) is 4.80. The van der Waals surface area contributed by atoms with Gasteiger partial charge in [-0.3, -0.25) is 4.79 Å². The molecule has 0 radical (unpaired) electrons. The van der Waals surface area contributed by atoms with E-state index in [9.17, 15) is 4.79 Å². The van der Waals surface area contributed by atoms with Gasteiger partial charge < -0.3 is 10.2 Å². The lowest BCUT2D eigenvalue weighted by molar-refractivity contribution is -0.122. The number of hydrogen-bond donors (Lipinski definition) is 1. The second kappa shape index (κ2) is 6.39. The highest BCUT2D eigenvalue weighted by molar-refractivity contribution is 5.88. The van der Waals surface area contributed by atoms with Crippen LogP contribution in [0.5, 0.6) is 0 Å². The third-order valence-electron chi connectivity index (χ3n) is 4.80. The molecular formula is C19H24N2O. The number of nitrogens with zero attached hydrogens (tertiary/aromatic N) is 1.